The van der Waals surface area contributed by atoms with E-state index in [1.165, 1.54) is 88.1 Å². The van der Waals surface area contributed by atoms with E-state index in [-0.39, 0.29) is 44.8 Å². The van der Waals surface area contributed by atoms with Crippen molar-refractivity contribution in [3.05, 3.63) is 151 Å². The van der Waals surface area contributed by atoms with E-state index >= 15 is 0 Å². The van der Waals surface area contributed by atoms with E-state index in [4.69, 9.17) is 5.73 Å². The summed E-state index contributed by atoms with van der Waals surface area (Å²) in [5.41, 5.74) is 9.39. The fourth-order valence-electron chi connectivity index (χ4n) is 7.88. The fourth-order valence-corrected chi connectivity index (χ4v) is 7.88. The molecule has 62 heavy (non-hydrogen) atoms. The summed E-state index contributed by atoms with van der Waals surface area (Å²) in [6, 6.07) is 15.4. The minimum Gasteiger partial charge on any atom is -0.364 e. The van der Waals surface area contributed by atoms with Crippen molar-refractivity contribution in [2.75, 3.05) is 7.05 Å². The van der Waals surface area contributed by atoms with Gasteiger partial charge in [-0.1, -0.05) is 51.8 Å². The summed E-state index contributed by atoms with van der Waals surface area (Å²) in [5, 5.41) is 3.00. The molecular weight excluding hydrogens is 801 g/mol. The molecule has 2 fully saturated rings. The van der Waals surface area contributed by atoms with Gasteiger partial charge in [-0.3, -0.25) is 29.1 Å². The molecule has 10 nitrogen and oxygen atoms in total. The maximum absolute atomic E-state index is 13.6. The standard InChI is InChI=1S/C16H18FN3O2.C14H19F.C9H7N3O2.C7H6F2.C2H6/c1-18-16(22)15-14-11(5-6-19-15)20-12(8-13(14)21)9-3-2-4-10(17)7-9;1-10-4-3-5-12(8-10)14-7-6-13(15)9-11(14)2;10-9(14)8-7-5(1-3-12-8)11-4-2-6(7)13;1-5-3-2-4-6(8)7(5)9;1-2/h5-6,8-10H,2-4,7H2,1H3,(H,18,22)(H,20,21);6-7,9-10,12H,3-5,8H2,1-2H3;1-4H,(H2,10,14)(H,11,13);2-4H,1H3;1-2H3/t9?,10-;10?,12-;;;/m11.../s1. The second kappa shape index (κ2) is 23.2. The van der Waals surface area contributed by atoms with Crippen molar-refractivity contribution in [2.24, 2.45) is 11.7 Å². The van der Waals surface area contributed by atoms with Crippen LogP contribution in [0.5, 0.6) is 0 Å². The Labute approximate surface area is 358 Å². The number of aromatic amines is 2. The van der Waals surface area contributed by atoms with E-state index in [0.29, 0.717) is 35.4 Å². The van der Waals surface area contributed by atoms with Gasteiger partial charge in [-0.05, 0) is 111 Å². The molecule has 0 spiro atoms. The first-order chi connectivity index (χ1) is 29.7. The molecule has 2 unspecified atom stereocenters. The van der Waals surface area contributed by atoms with Gasteiger partial charge < -0.3 is 21.0 Å². The highest BCUT2D eigenvalue weighted by Gasteiger charge is 2.25. The zero-order valence-electron chi connectivity index (χ0n) is 36.1. The summed E-state index contributed by atoms with van der Waals surface area (Å²) in [6.07, 6.45) is 11.6. The van der Waals surface area contributed by atoms with E-state index < -0.39 is 29.6 Å². The maximum Gasteiger partial charge on any atom is 0.270 e. The number of aryl methyl sites for hydroxylation is 2. The molecule has 2 amide bonds. The second-order valence-corrected chi connectivity index (χ2v) is 15.3. The zero-order chi connectivity index (χ0) is 45.5. The van der Waals surface area contributed by atoms with E-state index in [9.17, 15) is 36.7 Å². The highest BCUT2D eigenvalue weighted by atomic mass is 19.2. The van der Waals surface area contributed by atoms with Gasteiger partial charge in [0.2, 0.25) is 0 Å². The number of fused-ring (bicyclic) bond motifs is 2. The van der Waals surface area contributed by atoms with Crippen molar-refractivity contribution in [1.82, 2.24) is 25.3 Å². The predicted octanol–water partition coefficient (Wildman–Crippen LogP) is 10.0. The van der Waals surface area contributed by atoms with Crippen LogP contribution in [0.4, 0.5) is 17.6 Å². The first kappa shape index (κ1) is 48.5. The summed E-state index contributed by atoms with van der Waals surface area (Å²) < 4.78 is 51.1. The number of hydrogen-bond donors (Lipinski definition) is 4. The van der Waals surface area contributed by atoms with Crippen molar-refractivity contribution < 1.29 is 27.2 Å². The number of pyridine rings is 4. The molecule has 5 N–H and O–H groups in total. The number of benzene rings is 2. The van der Waals surface area contributed by atoms with Crippen molar-refractivity contribution >= 4 is 33.6 Å². The van der Waals surface area contributed by atoms with Gasteiger partial charge in [0.25, 0.3) is 11.8 Å². The number of aromatic nitrogens is 4. The second-order valence-electron chi connectivity index (χ2n) is 15.3. The van der Waals surface area contributed by atoms with Crippen LogP contribution in [0.25, 0.3) is 21.8 Å². The molecule has 2 aliphatic carbocycles. The molecule has 14 heteroatoms. The molecule has 330 valence electrons. The van der Waals surface area contributed by atoms with Gasteiger partial charge in [0.05, 0.1) is 21.8 Å². The highest BCUT2D eigenvalue weighted by Crippen LogP contribution is 2.37. The van der Waals surface area contributed by atoms with Crippen LogP contribution in [0.15, 0.2) is 88.8 Å². The van der Waals surface area contributed by atoms with Crippen LogP contribution >= 0.6 is 0 Å². The molecule has 0 aliphatic heterocycles. The third-order valence-corrected chi connectivity index (χ3v) is 10.9. The lowest BCUT2D eigenvalue weighted by atomic mass is 9.78. The Balaban J connectivity index is 0.000000187. The minimum atomic E-state index is -0.809. The summed E-state index contributed by atoms with van der Waals surface area (Å²) in [4.78, 5) is 60.5. The van der Waals surface area contributed by atoms with Gasteiger partial charge in [0.15, 0.2) is 22.5 Å². The van der Waals surface area contributed by atoms with Crippen LogP contribution in [-0.2, 0) is 0 Å². The number of hydrogen-bond acceptors (Lipinski definition) is 6. The number of H-pyrrole nitrogens is 2. The van der Waals surface area contributed by atoms with Crippen LogP contribution < -0.4 is 21.9 Å². The largest absolute Gasteiger partial charge is 0.364 e. The number of primary amides is 1. The van der Waals surface area contributed by atoms with E-state index in [1.807, 2.05) is 26.8 Å². The van der Waals surface area contributed by atoms with Crippen LogP contribution in [0, 0.1) is 37.2 Å². The molecule has 0 saturated heterocycles. The predicted molar refractivity (Wildman–Crippen MR) is 237 cm³/mol. The van der Waals surface area contributed by atoms with Gasteiger partial charge in [0, 0.05) is 49.4 Å². The first-order valence-corrected chi connectivity index (χ1v) is 21.0. The fraction of sp³-hybridized carbons (Fsp3) is 0.375. The van der Waals surface area contributed by atoms with Gasteiger partial charge in [-0.25, -0.2) is 17.6 Å². The lowest BCUT2D eigenvalue weighted by Crippen LogP contribution is -2.23. The lowest BCUT2D eigenvalue weighted by Gasteiger charge is -2.28. The Kier molecular flexibility index (Phi) is 18.1. The minimum absolute atomic E-state index is 0.00403. The van der Waals surface area contributed by atoms with Crippen molar-refractivity contribution in [3.63, 3.8) is 0 Å². The van der Waals surface area contributed by atoms with Gasteiger partial charge in [-0.15, -0.1) is 0 Å². The van der Waals surface area contributed by atoms with E-state index in [0.717, 1.165) is 36.1 Å². The Morgan fingerprint density at radius 3 is 2.06 bits per heavy atom. The van der Waals surface area contributed by atoms with Crippen LogP contribution in [-0.4, -0.2) is 45.0 Å². The number of alkyl halides is 1. The smallest absolute Gasteiger partial charge is 0.270 e. The molecule has 2 saturated carbocycles. The Morgan fingerprint density at radius 1 is 0.774 bits per heavy atom. The molecule has 8 rings (SSSR count). The molecule has 4 atom stereocenters. The number of nitrogens with zero attached hydrogens (tertiary/aromatic N) is 2. The van der Waals surface area contributed by atoms with Crippen molar-refractivity contribution in [1.29, 1.82) is 0 Å². The number of amides is 2. The van der Waals surface area contributed by atoms with Crippen LogP contribution in [0.2, 0.25) is 0 Å². The molecule has 2 aliphatic rings. The first-order valence-electron chi connectivity index (χ1n) is 21.0. The number of carbonyl (C=O) groups is 2. The molecule has 4 heterocycles. The number of carbonyl (C=O) groups excluding carboxylic acids is 2. The highest BCUT2D eigenvalue weighted by molar-refractivity contribution is 6.04. The third kappa shape index (κ3) is 12.7. The quantitative estimate of drug-likeness (QED) is 0.129. The summed E-state index contributed by atoms with van der Waals surface area (Å²) in [6.45, 7) is 9.88. The molecular formula is C48H56F4N6O4. The van der Waals surface area contributed by atoms with Crippen LogP contribution in [0.3, 0.4) is 0 Å². The van der Waals surface area contributed by atoms with Gasteiger partial charge in [0.1, 0.15) is 23.4 Å². The average Bonchev–Trinajstić information content (AvgIpc) is 3.26. The average molecular weight is 857 g/mol. The number of rotatable bonds is 4. The Morgan fingerprint density at radius 2 is 1.44 bits per heavy atom. The maximum atomic E-state index is 13.6. The normalized spacial score (nSPS) is 18.0. The van der Waals surface area contributed by atoms with E-state index in [2.05, 4.69) is 32.2 Å². The number of nitrogens with two attached hydrogens (primary N) is 1. The molecule has 6 aromatic rings. The third-order valence-electron chi connectivity index (χ3n) is 10.9. The van der Waals surface area contributed by atoms with E-state index in [1.54, 1.807) is 24.3 Å². The topological polar surface area (TPSA) is 164 Å². The number of nitrogens with one attached hydrogen (secondary N) is 3. The van der Waals surface area contributed by atoms with Crippen molar-refractivity contribution in [3.8, 4) is 0 Å². The number of halogens is 4. The molecule has 0 radical (unpaired) electrons. The molecule has 0 bridgehead atoms. The SMILES string of the molecule is CC.CNC(=O)c1nccc2[nH]c(C3CCC[C@@H](F)C3)cc(=O)c12.Cc1cc(F)ccc1[C@@H]1CCCC(C)C1.Cc1cccc(F)c1F.NC(=O)c1nccc2[nH]ccc(=O)c12. The van der Waals surface area contributed by atoms with Gasteiger partial charge in [-0.2, -0.15) is 0 Å². The van der Waals surface area contributed by atoms with Crippen molar-refractivity contribution in [2.45, 2.75) is 104 Å². The zero-order valence-corrected chi connectivity index (χ0v) is 36.1. The summed E-state index contributed by atoms with van der Waals surface area (Å²) in [5.74, 6) is -1.23. The molecule has 2 aromatic carbocycles. The van der Waals surface area contributed by atoms with Gasteiger partial charge >= 0.3 is 0 Å². The monoisotopic (exact) mass is 856 g/mol. The Bertz CT molecular complexity index is 2550. The lowest BCUT2D eigenvalue weighted by molar-refractivity contribution is 0.0958. The molecule has 4 aromatic heterocycles. The van der Waals surface area contributed by atoms with Crippen LogP contribution in [0.1, 0.15) is 127 Å². The summed E-state index contributed by atoms with van der Waals surface area (Å²) in [7, 11) is 1.49. The summed E-state index contributed by atoms with van der Waals surface area (Å²) >= 11 is 0. The Hall–Kier alpha value is -6.18.